The molecule has 1 aromatic rings. The number of aromatic nitrogens is 1. The van der Waals surface area contributed by atoms with Crippen LogP contribution in [0.2, 0.25) is 0 Å². The van der Waals surface area contributed by atoms with E-state index in [1.165, 1.54) is 5.56 Å². The quantitative estimate of drug-likeness (QED) is 0.872. The van der Waals surface area contributed by atoms with E-state index in [0.29, 0.717) is 0 Å². The fourth-order valence-corrected chi connectivity index (χ4v) is 1.71. The van der Waals surface area contributed by atoms with Gasteiger partial charge in [0, 0.05) is 23.4 Å². The Kier molecular flexibility index (Phi) is 5.07. The summed E-state index contributed by atoms with van der Waals surface area (Å²) in [5, 5.41) is 0. The summed E-state index contributed by atoms with van der Waals surface area (Å²) in [4.78, 5) is 6.37. The molecular formula is C10H16BrN3. The summed E-state index contributed by atoms with van der Waals surface area (Å²) in [5.41, 5.74) is 6.67. The minimum atomic E-state index is 0.751. The molecule has 0 unspecified atom stereocenters. The Balaban J connectivity index is 2.43. The minimum absolute atomic E-state index is 0.751. The summed E-state index contributed by atoms with van der Waals surface area (Å²) < 4.78 is 1.03. The zero-order valence-electron chi connectivity index (χ0n) is 8.41. The molecule has 0 aliphatic rings. The molecular weight excluding hydrogens is 242 g/mol. The van der Waals surface area contributed by atoms with Crippen LogP contribution in [0.25, 0.3) is 0 Å². The first-order valence-corrected chi connectivity index (χ1v) is 5.49. The Morgan fingerprint density at radius 3 is 2.93 bits per heavy atom. The average molecular weight is 258 g/mol. The third-order valence-electron chi connectivity index (χ3n) is 1.96. The molecule has 0 radical (unpaired) electrons. The fraction of sp³-hybridized carbons (Fsp3) is 0.500. The second kappa shape index (κ2) is 6.11. The van der Waals surface area contributed by atoms with Crippen LogP contribution in [0.3, 0.4) is 0 Å². The fourth-order valence-electron chi connectivity index (χ4n) is 1.29. The molecule has 0 spiro atoms. The highest BCUT2D eigenvalue weighted by Gasteiger charge is 2.00. The van der Waals surface area contributed by atoms with Crippen LogP contribution in [0.1, 0.15) is 12.0 Å². The van der Waals surface area contributed by atoms with Gasteiger partial charge in [0.1, 0.15) is 0 Å². The minimum Gasteiger partial charge on any atom is -0.330 e. The predicted octanol–water partition coefficient (Wildman–Crippen LogP) is 1.62. The molecule has 1 rings (SSSR count). The molecule has 1 aromatic heterocycles. The molecule has 2 N–H and O–H groups in total. The average Bonchev–Trinajstić information content (AvgIpc) is 2.15. The van der Waals surface area contributed by atoms with Crippen LogP contribution in [0, 0.1) is 0 Å². The number of halogens is 1. The van der Waals surface area contributed by atoms with Crippen molar-refractivity contribution in [2.75, 3.05) is 20.1 Å². The maximum absolute atomic E-state index is 5.45. The lowest BCUT2D eigenvalue weighted by Crippen LogP contribution is -2.21. The summed E-state index contributed by atoms with van der Waals surface area (Å²) in [5.74, 6) is 0. The van der Waals surface area contributed by atoms with Crippen molar-refractivity contribution in [1.82, 2.24) is 9.88 Å². The Labute approximate surface area is 93.4 Å². The van der Waals surface area contributed by atoms with Crippen LogP contribution in [0.15, 0.2) is 22.9 Å². The van der Waals surface area contributed by atoms with E-state index < -0.39 is 0 Å². The lowest BCUT2D eigenvalue weighted by Gasteiger charge is -2.15. The number of pyridine rings is 1. The third-order valence-corrected chi connectivity index (χ3v) is 2.39. The second-order valence-corrected chi connectivity index (χ2v) is 4.31. The van der Waals surface area contributed by atoms with E-state index in [2.05, 4.69) is 38.9 Å². The largest absolute Gasteiger partial charge is 0.330 e. The van der Waals surface area contributed by atoms with E-state index >= 15 is 0 Å². The number of nitrogens with two attached hydrogens (primary N) is 1. The van der Waals surface area contributed by atoms with Crippen LogP contribution < -0.4 is 5.73 Å². The number of hydrogen-bond acceptors (Lipinski definition) is 3. The number of nitrogens with zero attached hydrogens (tertiary/aromatic N) is 2. The number of hydrogen-bond donors (Lipinski definition) is 1. The van der Waals surface area contributed by atoms with Crippen molar-refractivity contribution in [2.24, 2.45) is 5.73 Å². The molecule has 0 fully saturated rings. The lowest BCUT2D eigenvalue weighted by atomic mass is 10.2. The SMILES string of the molecule is CN(CCCN)Cc1cncc(Br)c1. The monoisotopic (exact) mass is 257 g/mol. The molecule has 3 nitrogen and oxygen atoms in total. The van der Waals surface area contributed by atoms with Crippen molar-refractivity contribution in [3.8, 4) is 0 Å². The van der Waals surface area contributed by atoms with Gasteiger partial charge in [-0.1, -0.05) is 0 Å². The first-order valence-electron chi connectivity index (χ1n) is 4.70. The summed E-state index contributed by atoms with van der Waals surface area (Å²) in [7, 11) is 2.09. The maximum atomic E-state index is 5.45. The first kappa shape index (κ1) is 11.6. The molecule has 0 aliphatic heterocycles. The van der Waals surface area contributed by atoms with Gasteiger partial charge in [-0.15, -0.1) is 0 Å². The van der Waals surface area contributed by atoms with Crippen molar-refractivity contribution >= 4 is 15.9 Å². The van der Waals surface area contributed by atoms with E-state index in [-0.39, 0.29) is 0 Å². The van der Waals surface area contributed by atoms with Gasteiger partial charge in [0.2, 0.25) is 0 Å². The zero-order valence-corrected chi connectivity index (χ0v) is 10.00. The third kappa shape index (κ3) is 4.17. The van der Waals surface area contributed by atoms with Crippen molar-refractivity contribution in [2.45, 2.75) is 13.0 Å². The molecule has 0 aliphatic carbocycles. The van der Waals surface area contributed by atoms with E-state index in [1.807, 2.05) is 6.20 Å². The molecule has 0 saturated heterocycles. The van der Waals surface area contributed by atoms with E-state index in [9.17, 15) is 0 Å². The summed E-state index contributed by atoms with van der Waals surface area (Å²) in [6, 6.07) is 2.09. The standard InChI is InChI=1S/C10H16BrN3/c1-14(4-2-3-12)8-9-5-10(11)7-13-6-9/h5-7H,2-4,8,12H2,1H3. The molecule has 78 valence electrons. The summed E-state index contributed by atoms with van der Waals surface area (Å²) >= 11 is 3.40. The predicted molar refractivity (Wildman–Crippen MR) is 61.9 cm³/mol. The van der Waals surface area contributed by atoms with Gasteiger partial charge in [-0.3, -0.25) is 4.98 Å². The van der Waals surface area contributed by atoms with Gasteiger partial charge in [-0.05, 0) is 54.1 Å². The van der Waals surface area contributed by atoms with Gasteiger partial charge >= 0.3 is 0 Å². The van der Waals surface area contributed by atoms with Gasteiger partial charge in [-0.25, -0.2) is 0 Å². The molecule has 0 aromatic carbocycles. The highest BCUT2D eigenvalue weighted by molar-refractivity contribution is 9.10. The van der Waals surface area contributed by atoms with Crippen molar-refractivity contribution < 1.29 is 0 Å². The topological polar surface area (TPSA) is 42.1 Å². The lowest BCUT2D eigenvalue weighted by molar-refractivity contribution is 0.324. The van der Waals surface area contributed by atoms with Gasteiger partial charge in [0.15, 0.2) is 0 Å². The molecule has 0 amide bonds. The van der Waals surface area contributed by atoms with Gasteiger partial charge in [-0.2, -0.15) is 0 Å². The second-order valence-electron chi connectivity index (χ2n) is 3.39. The molecule has 4 heteroatoms. The molecule has 0 bridgehead atoms. The van der Waals surface area contributed by atoms with E-state index in [1.54, 1.807) is 6.20 Å². The first-order chi connectivity index (χ1) is 6.72. The smallest absolute Gasteiger partial charge is 0.0410 e. The molecule has 0 atom stereocenters. The highest BCUT2D eigenvalue weighted by Crippen LogP contribution is 2.10. The Morgan fingerprint density at radius 1 is 1.50 bits per heavy atom. The highest BCUT2D eigenvalue weighted by atomic mass is 79.9. The van der Waals surface area contributed by atoms with Crippen LogP contribution in [0.5, 0.6) is 0 Å². The van der Waals surface area contributed by atoms with E-state index in [4.69, 9.17) is 5.73 Å². The van der Waals surface area contributed by atoms with E-state index in [0.717, 1.165) is 30.5 Å². The van der Waals surface area contributed by atoms with Crippen LogP contribution in [0.4, 0.5) is 0 Å². The van der Waals surface area contributed by atoms with Gasteiger partial charge in [0.25, 0.3) is 0 Å². The normalized spacial score (nSPS) is 10.9. The van der Waals surface area contributed by atoms with Crippen LogP contribution in [-0.2, 0) is 6.54 Å². The molecule has 1 heterocycles. The maximum Gasteiger partial charge on any atom is 0.0410 e. The Morgan fingerprint density at radius 2 is 2.29 bits per heavy atom. The molecule has 0 saturated carbocycles. The van der Waals surface area contributed by atoms with Gasteiger partial charge in [0.05, 0.1) is 0 Å². The number of rotatable bonds is 5. The van der Waals surface area contributed by atoms with Crippen molar-refractivity contribution in [3.63, 3.8) is 0 Å². The van der Waals surface area contributed by atoms with Crippen molar-refractivity contribution in [1.29, 1.82) is 0 Å². The van der Waals surface area contributed by atoms with Gasteiger partial charge < -0.3 is 10.6 Å². The van der Waals surface area contributed by atoms with Crippen LogP contribution >= 0.6 is 15.9 Å². The zero-order chi connectivity index (χ0) is 10.4. The summed E-state index contributed by atoms with van der Waals surface area (Å²) in [6.45, 7) is 2.70. The van der Waals surface area contributed by atoms with Crippen molar-refractivity contribution in [3.05, 3.63) is 28.5 Å². The van der Waals surface area contributed by atoms with Crippen LogP contribution in [-0.4, -0.2) is 30.0 Å². The Hall–Kier alpha value is -0.450. The summed E-state index contributed by atoms with van der Waals surface area (Å²) in [6.07, 6.45) is 4.73. The Bertz CT molecular complexity index is 278. The molecule has 14 heavy (non-hydrogen) atoms.